The molecule has 0 aromatic rings. The second-order valence-electron chi connectivity index (χ2n) is 4.02. The molecular formula is C11H25NO3. The molecule has 0 saturated carbocycles. The summed E-state index contributed by atoms with van der Waals surface area (Å²) in [5, 5.41) is 29.9. The minimum Gasteiger partial charge on any atom is -0.394 e. The Morgan fingerprint density at radius 3 is 2.33 bits per heavy atom. The quantitative estimate of drug-likeness (QED) is 0.425. The van der Waals surface area contributed by atoms with Gasteiger partial charge in [0.15, 0.2) is 0 Å². The molecule has 0 radical (unpaired) electrons. The van der Waals surface area contributed by atoms with Gasteiger partial charge in [-0.05, 0) is 12.3 Å². The van der Waals surface area contributed by atoms with E-state index in [9.17, 15) is 5.11 Å². The van der Waals surface area contributed by atoms with Gasteiger partial charge < -0.3 is 15.3 Å². The van der Waals surface area contributed by atoms with Gasteiger partial charge in [-0.2, -0.15) is 0 Å². The first kappa shape index (κ1) is 14.8. The maximum absolute atomic E-state index is 9.37. The normalized spacial score (nSPS) is 17.4. The van der Waals surface area contributed by atoms with Crippen molar-refractivity contribution in [2.75, 3.05) is 13.2 Å². The van der Waals surface area contributed by atoms with Crippen LogP contribution in [0.2, 0.25) is 0 Å². The Morgan fingerprint density at radius 2 is 1.87 bits per heavy atom. The molecule has 0 fully saturated rings. The molecule has 0 rings (SSSR count). The van der Waals surface area contributed by atoms with Crippen LogP contribution in [0.3, 0.4) is 0 Å². The summed E-state index contributed by atoms with van der Waals surface area (Å²) in [7, 11) is 0. The highest BCUT2D eigenvalue weighted by Gasteiger charge is 2.15. The molecule has 0 amide bonds. The van der Waals surface area contributed by atoms with Crippen molar-refractivity contribution in [1.29, 1.82) is 0 Å². The molecule has 0 heterocycles. The standard InChI is InChI=1S/C11H25NO3/c1-3-5-6-9(4-2)7-12-11(15)10(14)8-13/h9-15H,3-8H2,1-2H3. The summed E-state index contributed by atoms with van der Waals surface area (Å²) in [5.74, 6) is 0.533. The third kappa shape index (κ3) is 6.84. The lowest BCUT2D eigenvalue weighted by atomic mass is 9.99. The molecular weight excluding hydrogens is 194 g/mol. The third-order valence-electron chi connectivity index (χ3n) is 2.71. The number of aliphatic hydroxyl groups excluding tert-OH is 3. The maximum atomic E-state index is 9.37. The molecule has 3 unspecified atom stereocenters. The SMILES string of the molecule is CCCCC(CC)CNC(O)C(O)CO. The highest BCUT2D eigenvalue weighted by molar-refractivity contribution is 4.67. The van der Waals surface area contributed by atoms with Crippen LogP contribution in [0.1, 0.15) is 39.5 Å². The van der Waals surface area contributed by atoms with Gasteiger partial charge in [-0.3, -0.25) is 5.32 Å². The van der Waals surface area contributed by atoms with Gasteiger partial charge in [0.1, 0.15) is 12.3 Å². The molecule has 0 saturated heterocycles. The molecule has 3 atom stereocenters. The molecule has 0 bridgehead atoms. The molecule has 4 N–H and O–H groups in total. The van der Waals surface area contributed by atoms with Gasteiger partial charge in [0, 0.05) is 6.54 Å². The highest BCUT2D eigenvalue weighted by Crippen LogP contribution is 2.11. The van der Waals surface area contributed by atoms with Crippen molar-refractivity contribution in [2.24, 2.45) is 5.92 Å². The Balaban J connectivity index is 3.69. The van der Waals surface area contributed by atoms with E-state index in [0.29, 0.717) is 12.5 Å². The van der Waals surface area contributed by atoms with Crippen molar-refractivity contribution in [1.82, 2.24) is 5.32 Å². The Labute approximate surface area is 92.3 Å². The van der Waals surface area contributed by atoms with Crippen LogP contribution >= 0.6 is 0 Å². The summed E-state index contributed by atoms with van der Waals surface area (Å²) in [5.41, 5.74) is 0. The van der Waals surface area contributed by atoms with E-state index in [4.69, 9.17) is 10.2 Å². The number of nitrogens with one attached hydrogen (secondary N) is 1. The molecule has 92 valence electrons. The predicted octanol–water partition coefficient (Wildman–Crippen LogP) is 0.464. The topological polar surface area (TPSA) is 72.7 Å². The second-order valence-corrected chi connectivity index (χ2v) is 4.02. The number of hydrogen-bond acceptors (Lipinski definition) is 4. The van der Waals surface area contributed by atoms with Crippen molar-refractivity contribution >= 4 is 0 Å². The predicted molar refractivity (Wildman–Crippen MR) is 60.4 cm³/mol. The van der Waals surface area contributed by atoms with Gasteiger partial charge in [-0.25, -0.2) is 0 Å². The smallest absolute Gasteiger partial charge is 0.133 e. The molecule has 0 aliphatic carbocycles. The van der Waals surface area contributed by atoms with E-state index in [2.05, 4.69) is 19.2 Å². The zero-order valence-corrected chi connectivity index (χ0v) is 9.82. The van der Waals surface area contributed by atoms with Crippen molar-refractivity contribution in [3.8, 4) is 0 Å². The van der Waals surface area contributed by atoms with Gasteiger partial charge in [0.25, 0.3) is 0 Å². The first-order valence-electron chi connectivity index (χ1n) is 5.86. The van der Waals surface area contributed by atoms with Crippen LogP contribution in [0.4, 0.5) is 0 Å². The van der Waals surface area contributed by atoms with Crippen LogP contribution in [-0.2, 0) is 0 Å². The van der Waals surface area contributed by atoms with E-state index in [1.54, 1.807) is 0 Å². The summed E-state index contributed by atoms with van der Waals surface area (Å²) in [6, 6.07) is 0. The molecule has 0 spiro atoms. The van der Waals surface area contributed by atoms with E-state index in [1.165, 1.54) is 12.8 Å². The van der Waals surface area contributed by atoms with Gasteiger partial charge in [-0.1, -0.05) is 33.1 Å². The summed E-state index contributed by atoms with van der Waals surface area (Å²) in [4.78, 5) is 0. The van der Waals surface area contributed by atoms with E-state index in [0.717, 1.165) is 12.8 Å². The largest absolute Gasteiger partial charge is 0.394 e. The van der Waals surface area contributed by atoms with Gasteiger partial charge in [0.05, 0.1) is 6.61 Å². The van der Waals surface area contributed by atoms with E-state index in [1.807, 2.05) is 0 Å². The average Bonchev–Trinajstić information content (AvgIpc) is 2.27. The molecule has 0 aliphatic heterocycles. The van der Waals surface area contributed by atoms with Crippen LogP contribution in [0.25, 0.3) is 0 Å². The molecule has 0 aliphatic rings. The summed E-state index contributed by atoms with van der Waals surface area (Å²) in [6.07, 6.45) is 2.47. The maximum Gasteiger partial charge on any atom is 0.133 e. The van der Waals surface area contributed by atoms with Crippen molar-refractivity contribution < 1.29 is 15.3 Å². The van der Waals surface area contributed by atoms with Crippen molar-refractivity contribution in [3.63, 3.8) is 0 Å². The number of rotatable bonds is 9. The average molecular weight is 219 g/mol. The zero-order chi connectivity index (χ0) is 11.7. The fourth-order valence-corrected chi connectivity index (χ4v) is 1.47. The van der Waals surface area contributed by atoms with E-state index >= 15 is 0 Å². The number of hydrogen-bond donors (Lipinski definition) is 4. The molecule has 0 aromatic carbocycles. The fraction of sp³-hybridized carbons (Fsp3) is 1.00. The minimum atomic E-state index is -1.09. The Kier molecular flexibility index (Phi) is 9.00. The number of aliphatic hydroxyl groups is 3. The van der Waals surface area contributed by atoms with E-state index < -0.39 is 18.9 Å². The lowest BCUT2D eigenvalue weighted by Gasteiger charge is -2.21. The fourth-order valence-electron chi connectivity index (χ4n) is 1.47. The Hall–Kier alpha value is -0.160. The molecule has 4 nitrogen and oxygen atoms in total. The first-order valence-corrected chi connectivity index (χ1v) is 5.86. The highest BCUT2D eigenvalue weighted by atomic mass is 16.4. The minimum absolute atomic E-state index is 0.417. The summed E-state index contributed by atoms with van der Waals surface area (Å²) < 4.78 is 0. The number of unbranched alkanes of at least 4 members (excludes halogenated alkanes) is 1. The molecule has 15 heavy (non-hydrogen) atoms. The second kappa shape index (κ2) is 9.09. The van der Waals surface area contributed by atoms with Gasteiger partial charge >= 0.3 is 0 Å². The molecule has 0 aromatic heterocycles. The van der Waals surface area contributed by atoms with Crippen LogP contribution in [-0.4, -0.2) is 40.8 Å². The monoisotopic (exact) mass is 219 g/mol. The zero-order valence-electron chi connectivity index (χ0n) is 9.82. The van der Waals surface area contributed by atoms with Crippen molar-refractivity contribution in [2.45, 2.75) is 51.9 Å². The Morgan fingerprint density at radius 1 is 1.20 bits per heavy atom. The Bertz CT molecular complexity index is 144. The van der Waals surface area contributed by atoms with Gasteiger partial charge in [-0.15, -0.1) is 0 Å². The van der Waals surface area contributed by atoms with Gasteiger partial charge in [0.2, 0.25) is 0 Å². The van der Waals surface area contributed by atoms with Crippen LogP contribution < -0.4 is 5.32 Å². The van der Waals surface area contributed by atoms with Crippen LogP contribution in [0.15, 0.2) is 0 Å². The third-order valence-corrected chi connectivity index (χ3v) is 2.71. The lowest BCUT2D eigenvalue weighted by molar-refractivity contribution is -0.0324. The van der Waals surface area contributed by atoms with Crippen LogP contribution in [0, 0.1) is 5.92 Å². The summed E-state index contributed by atoms with van der Waals surface area (Å²) >= 11 is 0. The van der Waals surface area contributed by atoms with E-state index in [-0.39, 0.29) is 0 Å². The van der Waals surface area contributed by atoms with Crippen molar-refractivity contribution in [3.05, 3.63) is 0 Å². The summed E-state index contributed by atoms with van der Waals surface area (Å²) in [6.45, 7) is 4.55. The molecule has 4 heteroatoms. The first-order chi connectivity index (χ1) is 7.15. The lowest BCUT2D eigenvalue weighted by Crippen LogP contribution is -2.43. The van der Waals surface area contributed by atoms with Crippen LogP contribution in [0.5, 0.6) is 0 Å².